The Bertz CT molecular complexity index is 1070. The van der Waals surface area contributed by atoms with E-state index in [4.69, 9.17) is 9.47 Å². The number of aromatic carboxylic acids is 1. The molecular formula is C23H23N3O4. The molecule has 3 rings (SSSR count). The zero-order chi connectivity index (χ0) is 21.7. The summed E-state index contributed by atoms with van der Waals surface area (Å²) in [4.78, 5) is 21.7. The summed E-state index contributed by atoms with van der Waals surface area (Å²) in [5, 5.41) is 9.19. The number of carbonyl (C=O) groups is 1. The van der Waals surface area contributed by atoms with E-state index in [1.54, 1.807) is 20.4 Å². The lowest BCUT2D eigenvalue weighted by Crippen LogP contribution is -2.09. The number of carboxylic acid groups (broad SMARTS) is 1. The molecule has 0 unspecified atom stereocenters. The first kappa shape index (κ1) is 20.9. The number of ether oxygens (including phenoxy) is 2. The summed E-state index contributed by atoms with van der Waals surface area (Å²) < 4.78 is 11.1. The van der Waals surface area contributed by atoms with Gasteiger partial charge in [-0.15, -0.1) is 0 Å². The Morgan fingerprint density at radius 1 is 0.933 bits per heavy atom. The Morgan fingerprint density at radius 2 is 1.53 bits per heavy atom. The van der Waals surface area contributed by atoms with Crippen LogP contribution < -0.4 is 14.4 Å². The number of nitrogens with zero attached hydrogens (tertiary/aromatic N) is 3. The van der Waals surface area contributed by atoms with E-state index in [1.165, 1.54) is 18.3 Å². The monoisotopic (exact) mass is 405 g/mol. The first-order valence-corrected chi connectivity index (χ1v) is 9.20. The lowest BCUT2D eigenvalue weighted by atomic mass is 10.1. The molecule has 0 aliphatic rings. The van der Waals surface area contributed by atoms with Gasteiger partial charge in [0.2, 0.25) is 0 Å². The molecule has 0 spiro atoms. The van der Waals surface area contributed by atoms with E-state index in [0.717, 1.165) is 16.8 Å². The molecule has 0 bridgehead atoms. The van der Waals surface area contributed by atoms with Crippen molar-refractivity contribution in [1.29, 1.82) is 0 Å². The van der Waals surface area contributed by atoms with E-state index in [1.807, 2.05) is 55.4 Å². The molecule has 7 heteroatoms. The smallest absolute Gasteiger partial charge is 0.335 e. The zero-order valence-electron chi connectivity index (χ0n) is 17.3. The van der Waals surface area contributed by atoms with E-state index in [-0.39, 0.29) is 5.56 Å². The van der Waals surface area contributed by atoms with Crippen molar-refractivity contribution < 1.29 is 19.4 Å². The topological polar surface area (TPSA) is 84.8 Å². The van der Waals surface area contributed by atoms with Gasteiger partial charge in [0.05, 0.1) is 36.7 Å². The maximum Gasteiger partial charge on any atom is 0.335 e. The predicted octanol–water partition coefficient (Wildman–Crippen LogP) is 4.10. The quantitative estimate of drug-likeness (QED) is 0.633. The van der Waals surface area contributed by atoms with Crippen molar-refractivity contribution in [2.45, 2.75) is 0 Å². The Morgan fingerprint density at radius 3 is 2.10 bits per heavy atom. The molecule has 0 aliphatic carbocycles. The van der Waals surface area contributed by atoms with Crippen LogP contribution in [0.2, 0.25) is 0 Å². The highest BCUT2D eigenvalue weighted by molar-refractivity contribution is 5.88. The summed E-state index contributed by atoms with van der Waals surface area (Å²) in [5.74, 6) is 0.383. The van der Waals surface area contributed by atoms with Gasteiger partial charge in [0, 0.05) is 44.3 Å². The SMILES string of the molecule is COc1cc(N(C)C)cc(OC)c1/C=C/c1ccnc(-c2cc(C(=O)O)ccn2)c1. The highest BCUT2D eigenvalue weighted by Crippen LogP contribution is 2.35. The molecule has 0 aliphatic heterocycles. The number of aromatic nitrogens is 2. The fourth-order valence-electron chi connectivity index (χ4n) is 2.92. The van der Waals surface area contributed by atoms with Crippen molar-refractivity contribution in [2.24, 2.45) is 0 Å². The second-order valence-corrected chi connectivity index (χ2v) is 6.70. The Labute approximate surface area is 175 Å². The molecule has 0 saturated carbocycles. The maximum absolute atomic E-state index is 11.2. The molecule has 3 aromatic rings. The first-order valence-electron chi connectivity index (χ1n) is 9.20. The zero-order valence-corrected chi connectivity index (χ0v) is 17.3. The van der Waals surface area contributed by atoms with Gasteiger partial charge in [0.25, 0.3) is 0 Å². The molecule has 1 N–H and O–H groups in total. The second kappa shape index (κ2) is 9.09. The standard InChI is InChI=1S/C23H23N3O4/c1-26(2)17-13-21(29-3)18(22(14-17)30-4)6-5-15-7-9-24-19(11-15)20-12-16(23(27)28)8-10-25-20/h5-14H,1-4H3,(H,27,28)/b6-5+. The summed E-state index contributed by atoms with van der Waals surface area (Å²) in [6.07, 6.45) is 6.96. The molecular weight excluding hydrogens is 382 g/mol. The van der Waals surface area contributed by atoms with Crippen LogP contribution in [0.15, 0.2) is 48.8 Å². The molecule has 0 fully saturated rings. The number of hydrogen-bond donors (Lipinski definition) is 1. The Hall–Kier alpha value is -3.87. The van der Waals surface area contributed by atoms with Crippen LogP contribution in [-0.4, -0.2) is 49.4 Å². The summed E-state index contributed by atoms with van der Waals surface area (Å²) in [6, 6.07) is 10.5. The molecule has 0 atom stereocenters. The van der Waals surface area contributed by atoms with Gasteiger partial charge in [0.1, 0.15) is 11.5 Å². The highest BCUT2D eigenvalue weighted by Gasteiger charge is 2.12. The average Bonchev–Trinajstić information content (AvgIpc) is 2.77. The van der Waals surface area contributed by atoms with E-state index in [0.29, 0.717) is 22.9 Å². The van der Waals surface area contributed by atoms with Crippen molar-refractivity contribution in [2.75, 3.05) is 33.2 Å². The lowest BCUT2D eigenvalue weighted by Gasteiger charge is -2.18. The number of pyridine rings is 2. The number of rotatable bonds is 7. The first-order chi connectivity index (χ1) is 14.4. The van der Waals surface area contributed by atoms with Crippen molar-refractivity contribution in [3.05, 3.63) is 65.5 Å². The lowest BCUT2D eigenvalue weighted by molar-refractivity contribution is 0.0697. The van der Waals surface area contributed by atoms with E-state index < -0.39 is 5.97 Å². The summed E-state index contributed by atoms with van der Waals surface area (Å²) in [6.45, 7) is 0. The number of methoxy groups -OCH3 is 2. The van der Waals surface area contributed by atoms with Gasteiger partial charge in [0.15, 0.2) is 0 Å². The molecule has 0 saturated heterocycles. The predicted molar refractivity (Wildman–Crippen MR) is 117 cm³/mol. The molecule has 0 radical (unpaired) electrons. The normalized spacial score (nSPS) is 10.8. The third kappa shape index (κ3) is 4.57. The minimum absolute atomic E-state index is 0.165. The minimum atomic E-state index is -1.00. The van der Waals surface area contributed by atoms with Crippen molar-refractivity contribution >= 4 is 23.8 Å². The Kier molecular flexibility index (Phi) is 6.32. The minimum Gasteiger partial charge on any atom is -0.496 e. The van der Waals surface area contributed by atoms with Gasteiger partial charge in [-0.25, -0.2) is 4.79 Å². The van der Waals surface area contributed by atoms with Crippen molar-refractivity contribution in [3.63, 3.8) is 0 Å². The van der Waals surface area contributed by atoms with Crippen LogP contribution in [0.5, 0.6) is 11.5 Å². The maximum atomic E-state index is 11.2. The summed E-state index contributed by atoms with van der Waals surface area (Å²) in [7, 11) is 7.15. The third-order valence-electron chi connectivity index (χ3n) is 4.54. The van der Waals surface area contributed by atoms with Gasteiger partial charge >= 0.3 is 5.97 Å². The number of anilines is 1. The second-order valence-electron chi connectivity index (χ2n) is 6.70. The van der Waals surface area contributed by atoms with Crippen molar-refractivity contribution in [1.82, 2.24) is 9.97 Å². The number of hydrogen-bond acceptors (Lipinski definition) is 6. The number of carboxylic acids is 1. The van der Waals surface area contributed by atoms with Gasteiger partial charge in [-0.1, -0.05) is 6.08 Å². The molecule has 2 aromatic heterocycles. The number of benzene rings is 1. The molecule has 0 amide bonds. The van der Waals surface area contributed by atoms with Crippen LogP contribution in [0.3, 0.4) is 0 Å². The van der Waals surface area contributed by atoms with Crippen LogP contribution in [0, 0.1) is 0 Å². The van der Waals surface area contributed by atoms with E-state index >= 15 is 0 Å². The fourth-order valence-corrected chi connectivity index (χ4v) is 2.92. The van der Waals surface area contributed by atoms with E-state index in [9.17, 15) is 9.90 Å². The highest BCUT2D eigenvalue weighted by atomic mass is 16.5. The van der Waals surface area contributed by atoms with Crippen LogP contribution in [0.25, 0.3) is 23.5 Å². The van der Waals surface area contributed by atoms with Crippen LogP contribution in [-0.2, 0) is 0 Å². The summed E-state index contributed by atoms with van der Waals surface area (Å²) in [5.41, 5.74) is 3.91. The largest absolute Gasteiger partial charge is 0.496 e. The molecule has 30 heavy (non-hydrogen) atoms. The fraction of sp³-hybridized carbons (Fsp3) is 0.174. The third-order valence-corrected chi connectivity index (χ3v) is 4.54. The van der Waals surface area contributed by atoms with Gasteiger partial charge in [-0.05, 0) is 35.9 Å². The average molecular weight is 405 g/mol. The van der Waals surface area contributed by atoms with Gasteiger partial charge in [-0.3, -0.25) is 9.97 Å². The summed E-state index contributed by atoms with van der Waals surface area (Å²) >= 11 is 0. The Balaban J connectivity index is 1.97. The van der Waals surface area contributed by atoms with E-state index in [2.05, 4.69) is 9.97 Å². The molecule has 1 aromatic carbocycles. The van der Waals surface area contributed by atoms with Gasteiger partial charge < -0.3 is 19.5 Å². The van der Waals surface area contributed by atoms with Crippen LogP contribution in [0.4, 0.5) is 5.69 Å². The molecule has 154 valence electrons. The molecule has 2 heterocycles. The van der Waals surface area contributed by atoms with Gasteiger partial charge in [-0.2, -0.15) is 0 Å². The van der Waals surface area contributed by atoms with Crippen LogP contribution >= 0.6 is 0 Å². The van der Waals surface area contributed by atoms with Crippen molar-refractivity contribution in [3.8, 4) is 22.9 Å². The van der Waals surface area contributed by atoms with Crippen LogP contribution in [0.1, 0.15) is 21.5 Å². The molecule has 7 nitrogen and oxygen atoms in total.